The minimum atomic E-state index is 0.927. The summed E-state index contributed by atoms with van der Waals surface area (Å²) in [7, 11) is 0. The van der Waals surface area contributed by atoms with E-state index in [4.69, 9.17) is 0 Å². The van der Waals surface area contributed by atoms with Gasteiger partial charge in [-0.05, 0) is 37.2 Å². The molecule has 0 nitrogen and oxygen atoms in total. The number of aryl methyl sites for hydroxylation is 1. The fourth-order valence-corrected chi connectivity index (χ4v) is 2.77. The van der Waals surface area contributed by atoms with Crippen molar-refractivity contribution in [3.63, 3.8) is 0 Å². The lowest BCUT2D eigenvalue weighted by molar-refractivity contribution is 0.773. The summed E-state index contributed by atoms with van der Waals surface area (Å²) in [4.78, 5) is 0. The molecule has 1 fully saturated rings. The molecule has 15 heavy (non-hydrogen) atoms. The quantitative estimate of drug-likeness (QED) is 0.430. The summed E-state index contributed by atoms with van der Waals surface area (Å²) in [6, 6.07) is 10.7. The van der Waals surface area contributed by atoms with Gasteiger partial charge in [-0.3, -0.25) is 0 Å². The Labute approximate surface area is 106 Å². The summed E-state index contributed by atoms with van der Waals surface area (Å²) in [5, 5.41) is 0. The van der Waals surface area contributed by atoms with Gasteiger partial charge < -0.3 is 0 Å². The molecule has 0 N–H and O–H groups in total. The second-order valence-electron chi connectivity index (χ2n) is 4.45. The maximum Gasteiger partial charge on any atom is 0.0144 e. The number of alkyl halides is 1. The van der Waals surface area contributed by atoms with E-state index in [1.165, 1.54) is 24.0 Å². The van der Waals surface area contributed by atoms with E-state index >= 15 is 0 Å². The Morgan fingerprint density at radius 1 is 1.33 bits per heavy atom. The molecule has 0 spiro atoms. The Morgan fingerprint density at radius 3 is 2.60 bits per heavy atom. The first kappa shape index (κ1) is 11.2. The Morgan fingerprint density at radius 2 is 2.00 bits per heavy atom. The monoisotopic (exact) mass is 312 g/mol. The lowest BCUT2D eigenvalue weighted by atomic mass is 10.0. The smallest absolute Gasteiger partial charge is 0.0144 e. The molecule has 2 atom stereocenters. The number of hydrogen-bond donors (Lipinski definition) is 0. The van der Waals surface area contributed by atoms with E-state index in [9.17, 15) is 0 Å². The fraction of sp³-hybridized carbons (Fsp3) is 0.429. The van der Waals surface area contributed by atoms with Crippen LogP contribution in [0.4, 0.5) is 0 Å². The molecule has 1 aliphatic carbocycles. The molecule has 1 saturated carbocycles. The van der Waals surface area contributed by atoms with E-state index in [1.54, 1.807) is 0 Å². The molecular weight excluding hydrogens is 295 g/mol. The molecule has 0 radical (unpaired) electrons. The Hall–Kier alpha value is -0.310. The highest BCUT2D eigenvalue weighted by atomic mass is 127. The lowest BCUT2D eigenvalue weighted by Gasteiger charge is -2.04. The van der Waals surface area contributed by atoms with Gasteiger partial charge in [-0.15, -0.1) is 0 Å². The molecule has 80 valence electrons. The molecule has 0 amide bonds. The molecule has 1 aromatic carbocycles. The number of halogens is 1. The Bertz CT molecular complexity index is 328. The summed E-state index contributed by atoms with van der Waals surface area (Å²) >= 11 is 2.55. The van der Waals surface area contributed by atoms with Gasteiger partial charge in [-0.2, -0.15) is 0 Å². The van der Waals surface area contributed by atoms with Crippen LogP contribution in [0.3, 0.4) is 0 Å². The summed E-state index contributed by atoms with van der Waals surface area (Å²) in [6.45, 7) is 4.18. The first-order chi connectivity index (χ1) is 7.25. The zero-order chi connectivity index (χ0) is 10.7. The van der Waals surface area contributed by atoms with E-state index in [2.05, 4.69) is 59.5 Å². The minimum absolute atomic E-state index is 0.927. The van der Waals surface area contributed by atoms with Crippen LogP contribution in [0.25, 0.3) is 0 Å². The maximum absolute atomic E-state index is 4.18. The van der Waals surface area contributed by atoms with Crippen LogP contribution in [-0.2, 0) is 6.42 Å². The van der Waals surface area contributed by atoms with Crippen molar-refractivity contribution in [3.05, 3.63) is 48.0 Å². The molecule has 1 heteroatoms. The molecule has 0 bridgehead atoms. The zero-order valence-corrected chi connectivity index (χ0v) is 11.1. The van der Waals surface area contributed by atoms with Crippen LogP contribution < -0.4 is 0 Å². The van der Waals surface area contributed by atoms with E-state index in [0.29, 0.717) is 0 Å². The predicted molar refractivity (Wildman–Crippen MR) is 74.4 cm³/mol. The van der Waals surface area contributed by atoms with Crippen molar-refractivity contribution in [2.75, 3.05) is 0 Å². The first-order valence-corrected chi connectivity index (χ1v) is 6.85. The van der Waals surface area contributed by atoms with Crippen molar-refractivity contribution < 1.29 is 0 Å². The zero-order valence-electron chi connectivity index (χ0n) is 8.95. The second-order valence-corrected chi connectivity index (χ2v) is 6.05. The van der Waals surface area contributed by atoms with Crippen LogP contribution in [0, 0.1) is 5.92 Å². The largest absolute Gasteiger partial charge is 0.0998 e. The van der Waals surface area contributed by atoms with E-state index < -0.39 is 0 Å². The van der Waals surface area contributed by atoms with Gasteiger partial charge in [0, 0.05) is 3.92 Å². The van der Waals surface area contributed by atoms with Crippen LogP contribution in [0.2, 0.25) is 0 Å². The molecule has 0 unspecified atom stereocenters. The van der Waals surface area contributed by atoms with Crippen LogP contribution in [0.5, 0.6) is 0 Å². The highest BCUT2D eigenvalue weighted by molar-refractivity contribution is 14.1. The summed E-state index contributed by atoms with van der Waals surface area (Å²) in [5.41, 5.74) is 2.86. The van der Waals surface area contributed by atoms with Crippen molar-refractivity contribution in [2.45, 2.75) is 29.6 Å². The highest BCUT2D eigenvalue weighted by Gasteiger charge is 2.34. The number of benzene rings is 1. The van der Waals surface area contributed by atoms with Crippen molar-refractivity contribution in [2.24, 2.45) is 5.92 Å². The predicted octanol–water partition coefficient (Wildman–Crippen LogP) is 4.39. The third-order valence-electron chi connectivity index (χ3n) is 3.00. The molecular formula is C14H17I. The average Bonchev–Trinajstić information content (AvgIpc) is 2.93. The topological polar surface area (TPSA) is 0 Å². The maximum atomic E-state index is 4.18. The highest BCUT2D eigenvalue weighted by Crippen LogP contribution is 2.42. The van der Waals surface area contributed by atoms with E-state index in [-0.39, 0.29) is 0 Å². The Balaban J connectivity index is 1.71. The standard InChI is InChI=1S/C14H17I/c1-11(9-13-10-14(13)15)7-8-12-5-3-2-4-6-12/h2-6,13-14H,1,7-10H2/t13-,14-/m1/s1. The summed E-state index contributed by atoms with van der Waals surface area (Å²) in [5.74, 6) is 0.939. The molecule has 1 aliphatic rings. The van der Waals surface area contributed by atoms with Crippen molar-refractivity contribution in [1.29, 1.82) is 0 Å². The molecule has 0 aromatic heterocycles. The van der Waals surface area contributed by atoms with Gasteiger partial charge in [0.1, 0.15) is 0 Å². The SMILES string of the molecule is C=C(CCc1ccccc1)C[C@@H]1C[C@H]1I. The van der Waals surface area contributed by atoms with Crippen LogP contribution in [-0.4, -0.2) is 3.92 Å². The Kier molecular flexibility index (Phi) is 3.84. The third-order valence-corrected chi connectivity index (χ3v) is 4.52. The molecule has 2 rings (SSSR count). The van der Waals surface area contributed by atoms with Gasteiger partial charge in [-0.25, -0.2) is 0 Å². The van der Waals surface area contributed by atoms with Gasteiger partial charge in [-0.1, -0.05) is 65.1 Å². The van der Waals surface area contributed by atoms with Gasteiger partial charge in [0.2, 0.25) is 0 Å². The van der Waals surface area contributed by atoms with Crippen molar-refractivity contribution >= 4 is 22.6 Å². The van der Waals surface area contributed by atoms with E-state index in [0.717, 1.165) is 22.7 Å². The van der Waals surface area contributed by atoms with Crippen LogP contribution in [0.1, 0.15) is 24.8 Å². The lowest BCUT2D eigenvalue weighted by Crippen LogP contribution is -1.90. The third kappa shape index (κ3) is 3.63. The molecule has 0 aliphatic heterocycles. The van der Waals surface area contributed by atoms with E-state index in [1.807, 2.05) is 0 Å². The summed E-state index contributed by atoms with van der Waals surface area (Å²) in [6.07, 6.45) is 4.97. The first-order valence-electron chi connectivity index (χ1n) is 5.60. The van der Waals surface area contributed by atoms with Gasteiger partial charge in [0.25, 0.3) is 0 Å². The van der Waals surface area contributed by atoms with Gasteiger partial charge in [0.05, 0.1) is 0 Å². The summed E-state index contributed by atoms with van der Waals surface area (Å²) < 4.78 is 0.927. The molecule has 1 aromatic rings. The van der Waals surface area contributed by atoms with Crippen LogP contribution in [0.15, 0.2) is 42.5 Å². The number of rotatable bonds is 5. The van der Waals surface area contributed by atoms with Gasteiger partial charge in [0.15, 0.2) is 0 Å². The normalized spacial score (nSPS) is 23.8. The molecule has 0 saturated heterocycles. The minimum Gasteiger partial charge on any atom is -0.0998 e. The number of allylic oxidation sites excluding steroid dienone is 1. The van der Waals surface area contributed by atoms with Crippen molar-refractivity contribution in [1.82, 2.24) is 0 Å². The van der Waals surface area contributed by atoms with Crippen molar-refractivity contribution in [3.8, 4) is 0 Å². The number of hydrogen-bond acceptors (Lipinski definition) is 0. The fourth-order valence-electron chi connectivity index (χ4n) is 1.86. The molecule has 0 heterocycles. The second kappa shape index (κ2) is 5.15. The van der Waals surface area contributed by atoms with Crippen LogP contribution >= 0.6 is 22.6 Å². The average molecular weight is 312 g/mol. The van der Waals surface area contributed by atoms with Gasteiger partial charge >= 0.3 is 0 Å².